The fourth-order valence-electron chi connectivity index (χ4n) is 6.13. The Morgan fingerprint density at radius 1 is 0.805 bits per heavy atom. The molecule has 0 fully saturated rings. The largest absolute Gasteiger partial charge is 0.456 e. The van der Waals surface area contributed by atoms with Crippen molar-refractivity contribution < 1.29 is 14.3 Å². The van der Waals surface area contributed by atoms with Gasteiger partial charge < -0.3 is 19.7 Å². The van der Waals surface area contributed by atoms with Crippen LogP contribution in [0.25, 0.3) is 0 Å². The lowest BCUT2D eigenvalue weighted by atomic mass is 9.77. The maximum absolute atomic E-state index is 13.3. The second-order valence-electron chi connectivity index (χ2n) is 11.2. The van der Waals surface area contributed by atoms with E-state index in [4.69, 9.17) is 9.47 Å². The normalized spacial score (nSPS) is 16.4. The number of ether oxygens (including phenoxy) is 2. The Morgan fingerprint density at radius 2 is 1.59 bits per heavy atom. The molecule has 2 aliphatic heterocycles. The molecule has 1 N–H and O–H groups in total. The van der Waals surface area contributed by atoms with E-state index in [0.717, 1.165) is 64.6 Å². The van der Waals surface area contributed by atoms with Gasteiger partial charge in [0, 0.05) is 52.9 Å². The predicted molar refractivity (Wildman–Crippen MR) is 166 cm³/mol. The number of nitrogens with zero attached hydrogens (tertiary/aromatic N) is 1. The summed E-state index contributed by atoms with van der Waals surface area (Å²) in [4.78, 5) is 15.7. The molecule has 0 bridgehead atoms. The Labute approximate surface area is 243 Å². The fourth-order valence-corrected chi connectivity index (χ4v) is 6.13. The van der Waals surface area contributed by atoms with Crippen LogP contribution in [0.3, 0.4) is 0 Å². The molecule has 41 heavy (non-hydrogen) atoms. The Kier molecular flexibility index (Phi) is 7.21. The first-order valence-electron chi connectivity index (χ1n) is 14.8. The summed E-state index contributed by atoms with van der Waals surface area (Å²) in [5, 5.41) is 3.57. The molecule has 0 amide bonds. The van der Waals surface area contributed by atoms with Crippen molar-refractivity contribution in [1.82, 2.24) is 0 Å². The summed E-state index contributed by atoms with van der Waals surface area (Å²) in [6.07, 6.45) is 4.88. The molecule has 6 rings (SSSR count). The summed E-state index contributed by atoms with van der Waals surface area (Å²) in [5.74, 6) is 1.12. The van der Waals surface area contributed by atoms with E-state index in [0.29, 0.717) is 11.3 Å². The summed E-state index contributed by atoms with van der Waals surface area (Å²) < 4.78 is 13.1. The molecular formula is C36H38N2O3. The molecule has 210 valence electrons. The first kappa shape index (κ1) is 26.9. The lowest BCUT2D eigenvalue weighted by Crippen LogP contribution is -2.33. The van der Waals surface area contributed by atoms with Gasteiger partial charge in [0.2, 0.25) is 0 Å². The molecule has 0 saturated carbocycles. The quantitative estimate of drug-likeness (QED) is 0.168. The van der Waals surface area contributed by atoms with Gasteiger partial charge >= 0.3 is 5.97 Å². The van der Waals surface area contributed by atoms with Crippen molar-refractivity contribution in [3.8, 4) is 11.5 Å². The highest BCUT2D eigenvalue weighted by Gasteiger charge is 2.53. The van der Waals surface area contributed by atoms with Gasteiger partial charge in [-0.25, -0.2) is 4.79 Å². The number of benzene rings is 4. The Balaban J connectivity index is 1.47. The Hall–Kier alpha value is -4.25. The monoisotopic (exact) mass is 546 g/mol. The zero-order chi connectivity index (χ0) is 28.6. The van der Waals surface area contributed by atoms with E-state index < -0.39 is 5.60 Å². The lowest BCUT2D eigenvalue weighted by Gasteiger charge is -2.38. The van der Waals surface area contributed by atoms with Crippen LogP contribution < -0.4 is 15.0 Å². The Morgan fingerprint density at radius 3 is 2.37 bits per heavy atom. The van der Waals surface area contributed by atoms with Crippen LogP contribution in [0.15, 0.2) is 78.9 Å². The highest BCUT2D eigenvalue weighted by Crippen LogP contribution is 2.57. The van der Waals surface area contributed by atoms with Crippen LogP contribution in [0.4, 0.5) is 17.1 Å². The van der Waals surface area contributed by atoms with E-state index in [1.165, 1.54) is 24.8 Å². The van der Waals surface area contributed by atoms with Gasteiger partial charge in [-0.1, -0.05) is 62.1 Å². The molecule has 1 unspecified atom stereocenters. The van der Waals surface area contributed by atoms with Crippen molar-refractivity contribution >= 4 is 23.0 Å². The molecule has 0 aliphatic carbocycles. The molecule has 4 aromatic carbocycles. The topological polar surface area (TPSA) is 50.8 Å². The van der Waals surface area contributed by atoms with Crippen molar-refractivity contribution in [2.75, 3.05) is 23.3 Å². The van der Waals surface area contributed by atoms with E-state index in [-0.39, 0.29) is 5.97 Å². The molecule has 2 aliphatic rings. The van der Waals surface area contributed by atoms with Gasteiger partial charge in [0.05, 0.1) is 5.56 Å². The minimum atomic E-state index is -1.09. The van der Waals surface area contributed by atoms with Gasteiger partial charge in [0.1, 0.15) is 11.5 Å². The van der Waals surface area contributed by atoms with Crippen LogP contribution in [0.5, 0.6) is 11.5 Å². The maximum atomic E-state index is 13.3. The standard InChI is InChI=1S/C36H38N2O3/c1-5-7-8-11-20-38(6-2)27-18-19-30-34(22-27)40-33-21-25(4)32(37-26-16-14-24(3)15-17-26)23-31(33)36(30)29-13-10-9-12-28(29)35(39)41-36/h9-10,12-19,21-23,37H,5-8,11,20H2,1-4H3. The molecule has 0 saturated heterocycles. The number of carbonyl (C=O) groups is 1. The van der Waals surface area contributed by atoms with Crippen molar-refractivity contribution in [2.45, 2.75) is 59.0 Å². The number of unbranched alkanes of at least 4 members (excludes halogenated alkanes) is 3. The fraction of sp³-hybridized carbons (Fsp3) is 0.306. The summed E-state index contributed by atoms with van der Waals surface area (Å²) >= 11 is 0. The third-order valence-corrected chi connectivity index (χ3v) is 8.40. The second kappa shape index (κ2) is 11.0. The van der Waals surface area contributed by atoms with Crippen LogP contribution in [0.1, 0.15) is 77.7 Å². The van der Waals surface area contributed by atoms with E-state index >= 15 is 0 Å². The van der Waals surface area contributed by atoms with E-state index in [1.54, 1.807) is 0 Å². The van der Waals surface area contributed by atoms with Gasteiger partial charge in [-0.05, 0) is 75.2 Å². The van der Waals surface area contributed by atoms with Crippen LogP contribution in [0.2, 0.25) is 0 Å². The molecule has 1 spiro atoms. The minimum Gasteiger partial charge on any atom is -0.456 e. The third-order valence-electron chi connectivity index (χ3n) is 8.40. The zero-order valence-corrected chi connectivity index (χ0v) is 24.4. The summed E-state index contributed by atoms with van der Waals surface area (Å²) in [7, 11) is 0. The number of rotatable bonds is 9. The molecule has 5 heteroatoms. The van der Waals surface area contributed by atoms with E-state index in [2.05, 4.69) is 92.5 Å². The maximum Gasteiger partial charge on any atom is 0.340 e. The van der Waals surface area contributed by atoms with Gasteiger partial charge in [-0.3, -0.25) is 0 Å². The smallest absolute Gasteiger partial charge is 0.340 e. The van der Waals surface area contributed by atoms with E-state index in [9.17, 15) is 4.79 Å². The molecule has 2 heterocycles. The van der Waals surface area contributed by atoms with Gasteiger partial charge in [-0.2, -0.15) is 0 Å². The lowest BCUT2D eigenvalue weighted by molar-refractivity contribution is 0.0224. The van der Waals surface area contributed by atoms with Crippen molar-refractivity contribution in [3.63, 3.8) is 0 Å². The van der Waals surface area contributed by atoms with Crippen LogP contribution >= 0.6 is 0 Å². The minimum absolute atomic E-state index is 0.316. The number of anilines is 3. The second-order valence-corrected chi connectivity index (χ2v) is 11.2. The van der Waals surface area contributed by atoms with Gasteiger partial charge in [0.15, 0.2) is 5.60 Å². The van der Waals surface area contributed by atoms with Crippen molar-refractivity contribution in [1.29, 1.82) is 0 Å². The molecular weight excluding hydrogens is 508 g/mol. The highest BCUT2D eigenvalue weighted by molar-refractivity contribution is 5.97. The third kappa shape index (κ3) is 4.73. The number of fused-ring (bicyclic) bond motifs is 6. The number of aryl methyl sites for hydroxylation is 2. The SMILES string of the molecule is CCCCCCN(CC)c1ccc2c(c1)Oc1cc(C)c(Nc3ccc(C)cc3)cc1C21OC(=O)c2ccccc21. The van der Waals surface area contributed by atoms with Crippen molar-refractivity contribution in [2.24, 2.45) is 0 Å². The van der Waals surface area contributed by atoms with E-state index in [1.807, 2.05) is 24.3 Å². The molecule has 5 nitrogen and oxygen atoms in total. The number of hydrogen-bond acceptors (Lipinski definition) is 5. The van der Waals surface area contributed by atoms with Gasteiger partial charge in [0.25, 0.3) is 0 Å². The molecule has 1 atom stereocenters. The van der Waals surface area contributed by atoms with Crippen molar-refractivity contribution in [3.05, 3.63) is 112 Å². The average Bonchev–Trinajstić information content (AvgIpc) is 3.27. The number of nitrogens with one attached hydrogen (secondary N) is 1. The molecule has 0 radical (unpaired) electrons. The van der Waals surface area contributed by atoms with Crippen LogP contribution in [-0.4, -0.2) is 19.1 Å². The number of hydrogen-bond donors (Lipinski definition) is 1. The molecule has 0 aromatic heterocycles. The van der Waals surface area contributed by atoms with Crippen LogP contribution in [0, 0.1) is 13.8 Å². The molecule has 4 aromatic rings. The zero-order valence-electron chi connectivity index (χ0n) is 24.4. The Bertz CT molecular complexity index is 1590. The van der Waals surface area contributed by atoms with Crippen LogP contribution in [-0.2, 0) is 10.3 Å². The summed E-state index contributed by atoms with van der Waals surface area (Å²) in [6.45, 7) is 10.5. The number of carbonyl (C=O) groups excluding carboxylic acids is 1. The predicted octanol–water partition coefficient (Wildman–Crippen LogP) is 9.02. The van der Waals surface area contributed by atoms with Gasteiger partial charge in [-0.15, -0.1) is 0 Å². The number of esters is 1. The highest BCUT2D eigenvalue weighted by atomic mass is 16.6. The first-order valence-corrected chi connectivity index (χ1v) is 14.8. The average molecular weight is 547 g/mol. The first-order chi connectivity index (χ1) is 19.9. The summed E-state index contributed by atoms with van der Waals surface area (Å²) in [6, 6.07) is 26.5. The summed E-state index contributed by atoms with van der Waals surface area (Å²) in [5.41, 5.74) is 7.33.